The average molecular weight is 325 g/mol. The van der Waals surface area contributed by atoms with Crippen molar-refractivity contribution < 1.29 is 27.8 Å². The maximum atomic E-state index is 13.0. The smallest absolute Gasteiger partial charge is 0.449 e. The Labute approximate surface area is 121 Å². The highest BCUT2D eigenvalue weighted by atomic mass is 35.5. The average Bonchev–Trinajstić information content (AvgIpc) is 2.28. The van der Waals surface area contributed by atoms with Gasteiger partial charge in [-0.15, -0.1) is 11.8 Å². The normalized spacial score (nSPS) is 18.2. The number of alkyl halides is 3. The molecule has 1 atom stereocenters. The molecule has 0 saturated carbocycles. The van der Waals surface area contributed by atoms with E-state index in [1.54, 1.807) is 6.92 Å². The highest BCUT2D eigenvalue weighted by Gasteiger charge is 2.46. The van der Waals surface area contributed by atoms with Gasteiger partial charge in [0.1, 0.15) is 5.76 Å². The van der Waals surface area contributed by atoms with Crippen LogP contribution in [0.2, 0.25) is 5.02 Å². The first kappa shape index (κ1) is 15.1. The summed E-state index contributed by atoms with van der Waals surface area (Å²) in [4.78, 5) is 10.9. The molecule has 20 heavy (non-hydrogen) atoms. The molecule has 1 unspecified atom stereocenters. The minimum absolute atomic E-state index is 0.381. The van der Waals surface area contributed by atoms with Crippen LogP contribution < -0.4 is 0 Å². The quantitative estimate of drug-likeness (QED) is 0.759. The monoisotopic (exact) mass is 324 g/mol. The lowest BCUT2D eigenvalue weighted by Gasteiger charge is -2.26. The van der Waals surface area contributed by atoms with Crippen LogP contribution in [0.3, 0.4) is 0 Å². The van der Waals surface area contributed by atoms with Gasteiger partial charge < -0.3 is 9.84 Å². The minimum Gasteiger partial charge on any atom is -0.449 e. The van der Waals surface area contributed by atoms with E-state index in [0.717, 1.165) is 6.08 Å². The summed E-state index contributed by atoms with van der Waals surface area (Å²) in [5.74, 6) is -0.664. The summed E-state index contributed by atoms with van der Waals surface area (Å²) in [7, 11) is 0. The van der Waals surface area contributed by atoms with Gasteiger partial charge in [0.05, 0.1) is 0 Å². The van der Waals surface area contributed by atoms with Crippen LogP contribution in [0, 0.1) is 6.92 Å². The number of fused-ring (bicyclic) bond motifs is 1. The Balaban J connectivity index is 2.50. The molecule has 0 radical (unpaired) electrons. The zero-order chi connectivity index (χ0) is 15.1. The van der Waals surface area contributed by atoms with Gasteiger partial charge in [-0.2, -0.15) is 13.2 Å². The van der Waals surface area contributed by atoms with Gasteiger partial charge in [-0.05, 0) is 36.3 Å². The molecular weight excluding hydrogens is 317 g/mol. The van der Waals surface area contributed by atoms with Crippen molar-refractivity contribution in [1.82, 2.24) is 0 Å². The molecule has 1 aliphatic rings. The number of halogens is 4. The number of benzene rings is 1. The first-order valence-electron chi connectivity index (χ1n) is 5.34. The van der Waals surface area contributed by atoms with E-state index in [1.165, 1.54) is 12.1 Å². The molecule has 108 valence electrons. The fourth-order valence-corrected chi connectivity index (χ4v) is 3.00. The molecule has 1 heterocycles. The standard InChI is InChI=1S/C12H8ClF3O3S/c1-5-2-9-6(3-7(5)13)4-8(19-11(17)18)10(20-9)12(14,15)16/h2-4,10H,1H3,(H,17,18). The molecule has 0 aromatic heterocycles. The lowest BCUT2D eigenvalue weighted by molar-refractivity contribution is -0.127. The molecule has 1 aromatic rings. The molecule has 2 rings (SSSR count). The van der Waals surface area contributed by atoms with Gasteiger partial charge >= 0.3 is 12.3 Å². The lowest BCUT2D eigenvalue weighted by Crippen LogP contribution is -2.31. The van der Waals surface area contributed by atoms with Gasteiger partial charge in [-0.1, -0.05) is 11.6 Å². The molecule has 1 aromatic carbocycles. The number of aryl methyl sites for hydroxylation is 1. The largest absolute Gasteiger partial charge is 0.511 e. The Morgan fingerprint density at radius 3 is 2.65 bits per heavy atom. The summed E-state index contributed by atoms with van der Waals surface area (Å²) in [5.41, 5.74) is 1.05. The molecule has 1 aliphatic heterocycles. The molecule has 1 N–H and O–H groups in total. The molecule has 0 spiro atoms. The molecule has 0 saturated heterocycles. The predicted molar refractivity (Wildman–Crippen MR) is 69.0 cm³/mol. The lowest BCUT2D eigenvalue weighted by atomic mass is 10.1. The Hall–Kier alpha value is -1.34. The van der Waals surface area contributed by atoms with Crippen LogP contribution in [0.4, 0.5) is 18.0 Å². The van der Waals surface area contributed by atoms with Gasteiger partial charge in [0.15, 0.2) is 5.25 Å². The summed E-state index contributed by atoms with van der Waals surface area (Å²) in [6.07, 6.45) is -5.34. The van der Waals surface area contributed by atoms with Gasteiger partial charge in [-0.25, -0.2) is 4.79 Å². The Morgan fingerprint density at radius 2 is 2.10 bits per heavy atom. The van der Waals surface area contributed by atoms with Gasteiger partial charge in [0.2, 0.25) is 0 Å². The van der Waals surface area contributed by atoms with E-state index in [1.807, 2.05) is 0 Å². The first-order chi connectivity index (χ1) is 9.18. The number of carbonyl (C=O) groups is 1. The van der Waals surface area contributed by atoms with Gasteiger partial charge in [-0.3, -0.25) is 0 Å². The zero-order valence-electron chi connectivity index (χ0n) is 9.99. The molecule has 8 heteroatoms. The van der Waals surface area contributed by atoms with E-state index >= 15 is 0 Å². The molecular formula is C12H8ClF3O3S. The SMILES string of the molecule is Cc1cc2c(cc1Cl)C=C(OC(=O)O)C(C(F)(F)F)S2. The summed E-state index contributed by atoms with van der Waals surface area (Å²) >= 11 is 6.40. The van der Waals surface area contributed by atoms with Crippen LogP contribution in [0.1, 0.15) is 11.1 Å². The molecule has 0 fully saturated rings. The van der Waals surface area contributed by atoms with Crippen molar-refractivity contribution in [2.24, 2.45) is 0 Å². The van der Waals surface area contributed by atoms with Crippen LogP contribution in [0.15, 0.2) is 22.8 Å². The predicted octanol–water partition coefficient (Wildman–Crippen LogP) is 4.72. The summed E-state index contributed by atoms with van der Waals surface area (Å²) in [6, 6.07) is 3.02. The van der Waals surface area contributed by atoms with Crippen molar-refractivity contribution in [3.05, 3.63) is 34.0 Å². The molecule has 0 bridgehead atoms. The third-order valence-corrected chi connectivity index (χ3v) is 4.34. The second kappa shape index (κ2) is 5.21. The fourth-order valence-electron chi connectivity index (χ4n) is 1.71. The summed E-state index contributed by atoms with van der Waals surface area (Å²) in [6.45, 7) is 1.68. The van der Waals surface area contributed by atoms with E-state index in [9.17, 15) is 18.0 Å². The number of carboxylic acid groups (broad SMARTS) is 1. The number of hydrogen-bond acceptors (Lipinski definition) is 3. The maximum absolute atomic E-state index is 13.0. The number of thioether (sulfide) groups is 1. The minimum atomic E-state index is -4.61. The first-order valence-corrected chi connectivity index (χ1v) is 6.60. The summed E-state index contributed by atoms with van der Waals surface area (Å²) < 4.78 is 43.1. The second-order valence-electron chi connectivity index (χ2n) is 4.09. The highest BCUT2D eigenvalue weighted by Crippen LogP contribution is 2.46. The number of hydrogen-bond donors (Lipinski definition) is 1. The van der Waals surface area contributed by atoms with Crippen molar-refractivity contribution in [2.45, 2.75) is 23.2 Å². The third-order valence-electron chi connectivity index (χ3n) is 2.59. The van der Waals surface area contributed by atoms with Crippen LogP contribution in [-0.4, -0.2) is 22.7 Å². The van der Waals surface area contributed by atoms with Crippen LogP contribution in [-0.2, 0) is 4.74 Å². The Kier molecular flexibility index (Phi) is 3.93. The number of rotatable bonds is 1. The van der Waals surface area contributed by atoms with Gasteiger partial charge in [0, 0.05) is 9.92 Å². The Morgan fingerprint density at radius 1 is 1.45 bits per heavy atom. The highest BCUT2D eigenvalue weighted by molar-refractivity contribution is 8.00. The fraction of sp³-hybridized carbons (Fsp3) is 0.250. The van der Waals surface area contributed by atoms with Crippen molar-refractivity contribution >= 4 is 35.6 Å². The van der Waals surface area contributed by atoms with E-state index in [4.69, 9.17) is 16.7 Å². The van der Waals surface area contributed by atoms with E-state index in [2.05, 4.69) is 4.74 Å². The van der Waals surface area contributed by atoms with Crippen molar-refractivity contribution in [3.8, 4) is 0 Å². The van der Waals surface area contributed by atoms with Gasteiger partial charge in [0.25, 0.3) is 0 Å². The van der Waals surface area contributed by atoms with E-state index in [-0.39, 0.29) is 0 Å². The van der Waals surface area contributed by atoms with Crippen molar-refractivity contribution in [3.63, 3.8) is 0 Å². The topological polar surface area (TPSA) is 46.5 Å². The third kappa shape index (κ3) is 3.04. The van der Waals surface area contributed by atoms with Crippen LogP contribution in [0.5, 0.6) is 0 Å². The summed E-state index contributed by atoms with van der Waals surface area (Å²) in [5, 5.41) is 6.87. The Bertz CT molecular complexity index is 598. The van der Waals surface area contributed by atoms with Crippen LogP contribution in [0.25, 0.3) is 6.08 Å². The molecule has 3 nitrogen and oxygen atoms in total. The maximum Gasteiger partial charge on any atom is 0.511 e. The van der Waals surface area contributed by atoms with Crippen molar-refractivity contribution in [2.75, 3.05) is 0 Å². The molecule has 0 amide bonds. The second-order valence-corrected chi connectivity index (χ2v) is 5.65. The van der Waals surface area contributed by atoms with Crippen molar-refractivity contribution in [1.29, 1.82) is 0 Å². The van der Waals surface area contributed by atoms with E-state index in [0.29, 0.717) is 32.8 Å². The zero-order valence-corrected chi connectivity index (χ0v) is 11.6. The number of ether oxygens (including phenoxy) is 1. The van der Waals surface area contributed by atoms with E-state index < -0.39 is 23.3 Å². The van der Waals surface area contributed by atoms with Crippen LogP contribution >= 0.6 is 23.4 Å². The molecule has 0 aliphatic carbocycles.